The zero-order valence-electron chi connectivity index (χ0n) is 10.1. The minimum atomic E-state index is -0.173. The lowest BCUT2D eigenvalue weighted by molar-refractivity contribution is 0.624. The Morgan fingerprint density at radius 2 is 1.47 bits per heavy atom. The predicted octanol–water partition coefficient (Wildman–Crippen LogP) is 4.61. The topological polar surface area (TPSA) is 0 Å². The number of hydrogen-bond acceptors (Lipinski definition) is 0. The molecular weight excluding hydrogens is 211 g/mol. The molecular formula is C16H15F. The Labute approximate surface area is 101 Å². The number of halogens is 1. The van der Waals surface area contributed by atoms with E-state index >= 15 is 0 Å². The summed E-state index contributed by atoms with van der Waals surface area (Å²) in [6, 6.07) is 13.4. The molecule has 86 valence electrons. The van der Waals surface area contributed by atoms with Gasteiger partial charge in [0.15, 0.2) is 0 Å². The first kappa shape index (κ1) is 11.6. The SMILES string of the molecule is Cc1ccc(C=Cc2ccc(C)cc2F)cc1. The molecule has 0 aliphatic carbocycles. The summed E-state index contributed by atoms with van der Waals surface area (Å²) in [4.78, 5) is 0. The molecule has 0 bridgehead atoms. The minimum Gasteiger partial charge on any atom is -0.206 e. The summed E-state index contributed by atoms with van der Waals surface area (Å²) in [5.74, 6) is -0.173. The zero-order valence-corrected chi connectivity index (χ0v) is 10.1. The fourth-order valence-corrected chi connectivity index (χ4v) is 1.63. The smallest absolute Gasteiger partial charge is 0.130 e. The Bertz CT molecular complexity index is 536. The molecule has 0 saturated heterocycles. The molecule has 2 aromatic carbocycles. The highest BCUT2D eigenvalue weighted by molar-refractivity contribution is 5.70. The van der Waals surface area contributed by atoms with Gasteiger partial charge in [-0.2, -0.15) is 0 Å². The van der Waals surface area contributed by atoms with Crippen LogP contribution in [-0.2, 0) is 0 Å². The molecule has 0 atom stereocenters. The van der Waals surface area contributed by atoms with Gasteiger partial charge in [-0.05, 0) is 31.0 Å². The largest absolute Gasteiger partial charge is 0.206 e. The lowest BCUT2D eigenvalue weighted by atomic mass is 10.1. The van der Waals surface area contributed by atoms with Crippen LogP contribution in [0.25, 0.3) is 12.2 Å². The third-order valence-electron chi connectivity index (χ3n) is 2.69. The van der Waals surface area contributed by atoms with E-state index < -0.39 is 0 Å². The molecule has 0 nitrogen and oxygen atoms in total. The highest BCUT2D eigenvalue weighted by Crippen LogP contribution is 2.14. The molecule has 0 aliphatic rings. The Morgan fingerprint density at radius 3 is 2.12 bits per heavy atom. The van der Waals surface area contributed by atoms with E-state index in [-0.39, 0.29) is 5.82 Å². The van der Waals surface area contributed by atoms with Gasteiger partial charge in [-0.1, -0.05) is 54.1 Å². The average molecular weight is 226 g/mol. The summed E-state index contributed by atoms with van der Waals surface area (Å²) in [5.41, 5.74) is 3.87. The zero-order chi connectivity index (χ0) is 12.3. The van der Waals surface area contributed by atoms with Crippen molar-refractivity contribution in [3.63, 3.8) is 0 Å². The summed E-state index contributed by atoms with van der Waals surface area (Å²) in [6.45, 7) is 3.93. The monoisotopic (exact) mass is 226 g/mol. The number of rotatable bonds is 2. The van der Waals surface area contributed by atoms with Crippen LogP contribution in [0.1, 0.15) is 22.3 Å². The van der Waals surface area contributed by atoms with E-state index in [9.17, 15) is 4.39 Å². The Morgan fingerprint density at radius 1 is 0.824 bits per heavy atom. The summed E-state index contributed by atoms with van der Waals surface area (Å²) in [7, 11) is 0. The molecule has 0 saturated carbocycles. The van der Waals surface area contributed by atoms with Gasteiger partial charge in [-0.15, -0.1) is 0 Å². The Balaban J connectivity index is 2.23. The van der Waals surface area contributed by atoms with Crippen LogP contribution in [0.2, 0.25) is 0 Å². The van der Waals surface area contributed by atoms with Crippen LogP contribution in [0.4, 0.5) is 4.39 Å². The van der Waals surface area contributed by atoms with Gasteiger partial charge in [0.2, 0.25) is 0 Å². The summed E-state index contributed by atoms with van der Waals surface area (Å²) >= 11 is 0. The highest BCUT2D eigenvalue weighted by atomic mass is 19.1. The number of hydrogen-bond donors (Lipinski definition) is 0. The van der Waals surface area contributed by atoms with E-state index in [0.717, 1.165) is 11.1 Å². The molecule has 0 aromatic heterocycles. The van der Waals surface area contributed by atoms with Crippen molar-refractivity contribution in [1.82, 2.24) is 0 Å². The molecule has 1 heteroatoms. The van der Waals surface area contributed by atoms with Crippen molar-refractivity contribution in [3.05, 3.63) is 70.5 Å². The second kappa shape index (κ2) is 4.96. The second-order valence-corrected chi connectivity index (χ2v) is 4.27. The highest BCUT2D eigenvalue weighted by Gasteiger charge is 1.97. The van der Waals surface area contributed by atoms with Crippen molar-refractivity contribution >= 4 is 12.2 Å². The van der Waals surface area contributed by atoms with Crippen molar-refractivity contribution < 1.29 is 4.39 Å². The van der Waals surface area contributed by atoms with Crippen LogP contribution in [0.3, 0.4) is 0 Å². The molecule has 0 aliphatic heterocycles. The fraction of sp³-hybridized carbons (Fsp3) is 0.125. The third-order valence-corrected chi connectivity index (χ3v) is 2.69. The van der Waals surface area contributed by atoms with Crippen LogP contribution in [0.15, 0.2) is 42.5 Å². The van der Waals surface area contributed by atoms with Gasteiger partial charge in [0, 0.05) is 5.56 Å². The van der Waals surface area contributed by atoms with Crippen LogP contribution in [-0.4, -0.2) is 0 Å². The maximum Gasteiger partial charge on any atom is 0.130 e. The van der Waals surface area contributed by atoms with Gasteiger partial charge < -0.3 is 0 Å². The fourth-order valence-electron chi connectivity index (χ4n) is 1.63. The molecule has 0 amide bonds. The van der Waals surface area contributed by atoms with Gasteiger partial charge in [0.05, 0.1) is 0 Å². The maximum atomic E-state index is 13.6. The lowest BCUT2D eigenvalue weighted by Gasteiger charge is -1.99. The van der Waals surface area contributed by atoms with Gasteiger partial charge in [-0.25, -0.2) is 4.39 Å². The summed E-state index contributed by atoms with van der Waals surface area (Å²) in [5, 5.41) is 0. The number of aryl methyl sites for hydroxylation is 2. The van der Waals surface area contributed by atoms with Gasteiger partial charge >= 0.3 is 0 Å². The number of benzene rings is 2. The van der Waals surface area contributed by atoms with E-state index in [4.69, 9.17) is 0 Å². The lowest BCUT2D eigenvalue weighted by Crippen LogP contribution is -1.83. The molecule has 0 unspecified atom stereocenters. The van der Waals surface area contributed by atoms with E-state index in [2.05, 4.69) is 0 Å². The third kappa shape index (κ3) is 3.04. The van der Waals surface area contributed by atoms with E-state index in [1.54, 1.807) is 18.2 Å². The summed E-state index contributed by atoms with van der Waals surface area (Å²) in [6.07, 6.45) is 3.73. The maximum absolute atomic E-state index is 13.6. The standard InChI is InChI=1S/C16H15F/c1-12-3-6-14(7-4-12)8-10-15-9-5-13(2)11-16(15)17/h3-11H,1-2H3. The van der Waals surface area contributed by atoms with Gasteiger partial charge in [0.25, 0.3) is 0 Å². The minimum absolute atomic E-state index is 0.173. The quantitative estimate of drug-likeness (QED) is 0.656. The van der Waals surface area contributed by atoms with Gasteiger partial charge in [0.1, 0.15) is 5.82 Å². The predicted molar refractivity (Wildman–Crippen MR) is 71.2 cm³/mol. The first-order valence-electron chi connectivity index (χ1n) is 5.66. The molecule has 0 fully saturated rings. The summed E-state index contributed by atoms with van der Waals surface area (Å²) < 4.78 is 13.6. The van der Waals surface area contributed by atoms with Crippen LogP contribution >= 0.6 is 0 Å². The normalized spacial score (nSPS) is 11.0. The van der Waals surface area contributed by atoms with E-state index in [1.807, 2.05) is 50.3 Å². The first-order chi connectivity index (χ1) is 8.15. The van der Waals surface area contributed by atoms with Crippen molar-refractivity contribution in [2.24, 2.45) is 0 Å². The second-order valence-electron chi connectivity index (χ2n) is 4.27. The molecule has 2 rings (SSSR count). The van der Waals surface area contributed by atoms with Crippen LogP contribution in [0.5, 0.6) is 0 Å². The molecule has 0 heterocycles. The average Bonchev–Trinajstić information content (AvgIpc) is 2.30. The van der Waals surface area contributed by atoms with Crippen molar-refractivity contribution in [2.45, 2.75) is 13.8 Å². The van der Waals surface area contributed by atoms with Crippen molar-refractivity contribution in [1.29, 1.82) is 0 Å². The molecule has 0 N–H and O–H groups in total. The van der Waals surface area contributed by atoms with E-state index in [0.29, 0.717) is 5.56 Å². The Hall–Kier alpha value is -1.89. The molecule has 0 spiro atoms. The van der Waals surface area contributed by atoms with Crippen LogP contribution < -0.4 is 0 Å². The molecule has 0 radical (unpaired) electrons. The van der Waals surface area contributed by atoms with Crippen molar-refractivity contribution in [2.75, 3.05) is 0 Å². The molecule has 17 heavy (non-hydrogen) atoms. The van der Waals surface area contributed by atoms with Crippen LogP contribution in [0, 0.1) is 19.7 Å². The Kier molecular flexibility index (Phi) is 3.38. The van der Waals surface area contributed by atoms with Gasteiger partial charge in [-0.3, -0.25) is 0 Å². The van der Waals surface area contributed by atoms with E-state index in [1.165, 1.54) is 5.56 Å². The molecule has 2 aromatic rings. The van der Waals surface area contributed by atoms with Crippen molar-refractivity contribution in [3.8, 4) is 0 Å². The first-order valence-corrected chi connectivity index (χ1v) is 5.66.